The Hall–Kier alpha value is -1.55. The quantitative estimate of drug-likeness (QED) is 0.791. The highest BCUT2D eigenvalue weighted by atomic mass is 16.4. The minimum atomic E-state index is -0.691. The fourth-order valence-electron chi connectivity index (χ4n) is 2.40. The van der Waals surface area contributed by atoms with Crippen molar-refractivity contribution in [1.82, 2.24) is 0 Å². The van der Waals surface area contributed by atoms with Crippen LogP contribution in [-0.4, -0.2) is 17.6 Å². The first-order chi connectivity index (χ1) is 10.3. The van der Waals surface area contributed by atoms with E-state index in [1.165, 1.54) is 29.7 Å². The van der Waals surface area contributed by atoms with Gasteiger partial charge in [0.15, 0.2) is 0 Å². The number of carboxylic acids is 1. The van der Waals surface area contributed by atoms with Crippen molar-refractivity contribution < 1.29 is 9.90 Å². The van der Waals surface area contributed by atoms with Crippen molar-refractivity contribution in [3.63, 3.8) is 0 Å². The molecule has 4 N–H and O–H groups in total. The molecule has 1 aromatic rings. The first-order valence-electron chi connectivity index (χ1n) is 8.09. The van der Waals surface area contributed by atoms with E-state index in [-0.39, 0.29) is 5.41 Å². The summed E-state index contributed by atoms with van der Waals surface area (Å²) in [5, 5.41) is 11.7. The van der Waals surface area contributed by atoms with Crippen LogP contribution < -0.4 is 11.1 Å². The van der Waals surface area contributed by atoms with E-state index in [1.807, 2.05) is 0 Å². The van der Waals surface area contributed by atoms with E-state index < -0.39 is 5.97 Å². The maximum atomic E-state index is 10.1. The number of anilines is 1. The highest BCUT2D eigenvalue weighted by Crippen LogP contribution is 2.22. The Morgan fingerprint density at radius 3 is 2.68 bits per heavy atom. The first kappa shape index (κ1) is 18.5. The maximum Gasteiger partial charge on any atom is 0.303 e. The van der Waals surface area contributed by atoms with Gasteiger partial charge in [0.1, 0.15) is 0 Å². The Bertz CT molecular complexity index is 478. The molecule has 0 unspecified atom stereocenters. The van der Waals surface area contributed by atoms with Crippen LogP contribution in [0.4, 0.5) is 5.69 Å². The molecule has 0 fully saturated rings. The van der Waals surface area contributed by atoms with Crippen LogP contribution in [0.15, 0.2) is 18.2 Å². The molecule has 0 atom stereocenters. The van der Waals surface area contributed by atoms with Gasteiger partial charge in [0.05, 0.1) is 0 Å². The fraction of sp³-hybridized carbons (Fsp3) is 0.611. The molecule has 0 aliphatic carbocycles. The number of carboxylic acid groups (broad SMARTS) is 1. The molecule has 124 valence electrons. The zero-order valence-electron chi connectivity index (χ0n) is 14.1. The summed E-state index contributed by atoms with van der Waals surface area (Å²) in [6.45, 7) is 8.09. The van der Waals surface area contributed by atoms with Crippen LogP contribution in [0.3, 0.4) is 0 Å². The van der Waals surface area contributed by atoms with Crippen LogP contribution in [0.25, 0.3) is 0 Å². The minimum absolute atomic E-state index is 0.273. The number of nitrogens with two attached hydrogens (primary N) is 1. The molecule has 0 amide bonds. The largest absolute Gasteiger partial charge is 0.481 e. The Labute approximate surface area is 134 Å². The third-order valence-corrected chi connectivity index (χ3v) is 3.67. The monoisotopic (exact) mass is 306 g/mol. The van der Waals surface area contributed by atoms with Gasteiger partial charge in [-0.05, 0) is 48.3 Å². The molecule has 4 heteroatoms. The van der Waals surface area contributed by atoms with Gasteiger partial charge in [-0.3, -0.25) is 4.79 Å². The van der Waals surface area contributed by atoms with E-state index >= 15 is 0 Å². The summed E-state index contributed by atoms with van der Waals surface area (Å²) in [5.74, 6) is -0.691. The number of nitrogens with one attached hydrogen (secondary N) is 1. The van der Waals surface area contributed by atoms with E-state index in [0.29, 0.717) is 13.0 Å². The number of aliphatic carboxylic acids is 1. The highest BCUT2D eigenvalue weighted by molar-refractivity contribution is 5.66. The van der Waals surface area contributed by atoms with Gasteiger partial charge < -0.3 is 16.2 Å². The number of fused-ring (bicyclic) bond motifs is 1. The summed E-state index contributed by atoms with van der Waals surface area (Å²) >= 11 is 0. The summed E-state index contributed by atoms with van der Waals surface area (Å²) in [5.41, 5.74) is 9.75. The summed E-state index contributed by atoms with van der Waals surface area (Å²) in [7, 11) is 0. The highest BCUT2D eigenvalue weighted by Gasteiger charge is 2.10. The van der Waals surface area contributed by atoms with Gasteiger partial charge in [-0.1, -0.05) is 32.9 Å². The normalized spacial score (nSPS) is 13.5. The van der Waals surface area contributed by atoms with Crippen molar-refractivity contribution in [2.24, 2.45) is 11.1 Å². The molecule has 0 saturated heterocycles. The van der Waals surface area contributed by atoms with Crippen molar-refractivity contribution in [3.05, 3.63) is 29.3 Å². The van der Waals surface area contributed by atoms with Crippen LogP contribution in [-0.2, 0) is 17.8 Å². The smallest absolute Gasteiger partial charge is 0.303 e. The Morgan fingerprint density at radius 1 is 1.36 bits per heavy atom. The standard InChI is InChI=1S/C10H14N2.C8H16O2/c11-7-8-3-4-9-2-1-5-12-10(9)6-8;1-8(2,3)6-4-5-7(9)10/h3-4,6,12H,1-2,5,7,11H2;4-6H2,1-3H3,(H,9,10). The molecule has 1 aromatic carbocycles. The molecule has 1 aliphatic heterocycles. The molecule has 0 bridgehead atoms. The number of aryl methyl sites for hydroxylation is 1. The fourth-order valence-corrected chi connectivity index (χ4v) is 2.40. The lowest BCUT2D eigenvalue weighted by Crippen LogP contribution is -2.12. The zero-order valence-corrected chi connectivity index (χ0v) is 14.1. The van der Waals surface area contributed by atoms with Crippen molar-refractivity contribution in [3.8, 4) is 0 Å². The molecule has 4 nitrogen and oxygen atoms in total. The first-order valence-corrected chi connectivity index (χ1v) is 8.09. The van der Waals surface area contributed by atoms with Crippen molar-refractivity contribution in [2.45, 2.75) is 59.4 Å². The van der Waals surface area contributed by atoms with E-state index in [0.717, 1.165) is 19.4 Å². The molecule has 2 rings (SSSR count). The molecule has 0 aromatic heterocycles. The predicted molar refractivity (Wildman–Crippen MR) is 92.1 cm³/mol. The minimum Gasteiger partial charge on any atom is -0.481 e. The van der Waals surface area contributed by atoms with E-state index in [4.69, 9.17) is 10.8 Å². The lowest BCUT2D eigenvalue weighted by molar-refractivity contribution is -0.137. The van der Waals surface area contributed by atoms with Crippen LogP contribution in [0.2, 0.25) is 0 Å². The van der Waals surface area contributed by atoms with Crippen LogP contribution in [0, 0.1) is 5.41 Å². The number of benzene rings is 1. The number of rotatable bonds is 4. The second kappa shape index (κ2) is 8.79. The number of hydrogen-bond donors (Lipinski definition) is 3. The number of carbonyl (C=O) groups is 1. The molecule has 1 heterocycles. The second-order valence-electron chi connectivity index (χ2n) is 7.03. The third kappa shape index (κ3) is 7.46. The second-order valence-corrected chi connectivity index (χ2v) is 7.03. The Balaban J connectivity index is 0.000000225. The summed E-state index contributed by atoms with van der Waals surface area (Å²) in [6, 6.07) is 6.46. The van der Waals surface area contributed by atoms with E-state index in [2.05, 4.69) is 44.3 Å². The summed E-state index contributed by atoms with van der Waals surface area (Å²) in [6.07, 6.45) is 4.53. The van der Waals surface area contributed by atoms with Crippen LogP contribution in [0.5, 0.6) is 0 Å². The zero-order chi connectivity index (χ0) is 16.6. The van der Waals surface area contributed by atoms with Crippen LogP contribution in [0.1, 0.15) is 57.6 Å². The van der Waals surface area contributed by atoms with Gasteiger partial charge in [-0.25, -0.2) is 0 Å². The van der Waals surface area contributed by atoms with Gasteiger partial charge in [0.25, 0.3) is 0 Å². The van der Waals surface area contributed by atoms with Crippen molar-refractivity contribution >= 4 is 11.7 Å². The lowest BCUT2D eigenvalue weighted by Gasteiger charge is -2.18. The lowest BCUT2D eigenvalue weighted by atomic mass is 9.90. The van der Waals surface area contributed by atoms with Gasteiger partial charge in [0.2, 0.25) is 0 Å². The Kier molecular flexibility index (Phi) is 7.39. The SMILES string of the molecule is CC(C)(C)CCCC(=O)O.NCc1ccc2c(c1)NCCC2. The van der Waals surface area contributed by atoms with Gasteiger partial charge in [0, 0.05) is 25.2 Å². The van der Waals surface area contributed by atoms with Gasteiger partial charge in [-0.2, -0.15) is 0 Å². The van der Waals surface area contributed by atoms with Gasteiger partial charge in [-0.15, -0.1) is 0 Å². The predicted octanol–water partition coefficient (Wildman–Crippen LogP) is 3.79. The average molecular weight is 306 g/mol. The molecule has 22 heavy (non-hydrogen) atoms. The summed E-state index contributed by atoms with van der Waals surface area (Å²) < 4.78 is 0. The topological polar surface area (TPSA) is 75.3 Å². The number of hydrogen-bond acceptors (Lipinski definition) is 3. The Morgan fingerprint density at radius 2 is 2.09 bits per heavy atom. The van der Waals surface area contributed by atoms with E-state index in [1.54, 1.807) is 0 Å². The molecular weight excluding hydrogens is 276 g/mol. The molecule has 1 aliphatic rings. The van der Waals surface area contributed by atoms with Crippen molar-refractivity contribution in [1.29, 1.82) is 0 Å². The third-order valence-electron chi connectivity index (χ3n) is 3.67. The summed E-state index contributed by atoms with van der Waals surface area (Å²) in [4.78, 5) is 10.1. The van der Waals surface area contributed by atoms with Crippen LogP contribution >= 0.6 is 0 Å². The maximum absolute atomic E-state index is 10.1. The van der Waals surface area contributed by atoms with Gasteiger partial charge >= 0.3 is 5.97 Å². The van der Waals surface area contributed by atoms with E-state index in [9.17, 15) is 4.79 Å². The molecule has 0 saturated carbocycles. The molecular formula is C18H30N2O2. The van der Waals surface area contributed by atoms with Crippen molar-refractivity contribution in [2.75, 3.05) is 11.9 Å². The molecule has 0 spiro atoms. The molecule has 0 radical (unpaired) electrons. The average Bonchev–Trinajstić information content (AvgIpc) is 2.45.